The summed E-state index contributed by atoms with van der Waals surface area (Å²) in [7, 11) is -3.24. The lowest BCUT2D eigenvalue weighted by atomic mass is 10.2. The Morgan fingerprint density at radius 1 is 1.38 bits per heavy atom. The van der Waals surface area contributed by atoms with Gasteiger partial charge in [0.05, 0.1) is 0 Å². The molecule has 80 valence electrons. The molecule has 0 bridgehead atoms. The van der Waals surface area contributed by atoms with E-state index in [9.17, 15) is 21.6 Å². The normalized spacial score (nSPS) is 15.8. The molecule has 3 nitrogen and oxygen atoms in total. The van der Waals surface area contributed by atoms with Gasteiger partial charge in [0.15, 0.2) is 0 Å². The number of rotatable bonds is 4. The SMILES string of the molecule is CS(=O)(=O)CCC[C@H](O)C(F)(F)F. The Kier molecular flexibility index (Phi) is 4.18. The lowest BCUT2D eigenvalue weighted by Gasteiger charge is -2.13. The maximum Gasteiger partial charge on any atom is 0.414 e. The predicted octanol–water partition coefficient (Wildman–Crippen LogP) is 0.734. The molecule has 1 N–H and O–H groups in total. The summed E-state index contributed by atoms with van der Waals surface area (Å²) in [6.07, 6.45) is -6.89. The van der Waals surface area contributed by atoms with Crippen LogP contribution in [0.15, 0.2) is 0 Å². The van der Waals surface area contributed by atoms with E-state index in [1.807, 2.05) is 0 Å². The molecule has 0 aliphatic carbocycles. The molecule has 0 amide bonds. The van der Waals surface area contributed by atoms with Gasteiger partial charge in [0.1, 0.15) is 15.9 Å². The smallest absolute Gasteiger partial charge is 0.384 e. The maximum atomic E-state index is 11.7. The molecule has 0 heterocycles. The average Bonchev–Trinajstić information content (AvgIpc) is 1.82. The van der Waals surface area contributed by atoms with Crippen molar-refractivity contribution in [2.24, 2.45) is 0 Å². The van der Waals surface area contributed by atoms with Crippen molar-refractivity contribution in [3.63, 3.8) is 0 Å². The van der Waals surface area contributed by atoms with E-state index in [0.717, 1.165) is 6.26 Å². The molecular formula is C6H11F3O3S. The highest BCUT2D eigenvalue weighted by atomic mass is 32.2. The lowest BCUT2D eigenvalue weighted by molar-refractivity contribution is -0.205. The van der Waals surface area contributed by atoms with Gasteiger partial charge in [-0.15, -0.1) is 0 Å². The number of halogens is 3. The minimum atomic E-state index is -4.66. The Morgan fingerprint density at radius 3 is 2.15 bits per heavy atom. The van der Waals surface area contributed by atoms with Crippen molar-refractivity contribution < 1.29 is 26.7 Å². The molecule has 0 aliphatic rings. The first-order chi connectivity index (χ1) is 5.63. The molecule has 1 atom stereocenters. The summed E-state index contributed by atoms with van der Waals surface area (Å²) < 4.78 is 56.0. The highest BCUT2D eigenvalue weighted by Gasteiger charge is 2.37. The number of aliphatic hydroxyl groups is 1. The lowest BCUT2D eigenvalue weighted by Crippen LogP contribution is -2.28. The van der Waals surface area contributed by atoms with Crippen molar-refractivity contribution in [2.45, 2.75) is 25.1 Å². The monoisotopic (exact) mass is 220 g/mol. The molecule has 0 aliphatic heterocycles. The zero-order valence-electron chi connectivity index (χ0n) is 7.00. The third-order valence-electron chi connectivity index (χ3n) is 1.37. The molecule has 0 saturated carbocycles. The molecule has 0 aromatic rings. The van der Waals surface area contributed by atoms with E-state index in [2.05, 4.69) is 0 Å². The Bertz CT molecular complexity index is 244. The number of aliphatic hydroxyl groups excluding tert-OH is 1. The van der Waals surface area contributed by atoms with Crippen molar-refractivity contribution in [2.75, 3.05) is 12.0 Å². The molecule has 0 fully saturated rings. The predicted molar refractivity (Wildman–Crippen MR) is 41.0 cm³/mol. The zero-order chi connectivity index (χ0) is 10.7. The molecule has 13 heavy (non-hydrogen) atoms. The van der Waals surface area contributed by atoms with Crippen LogP contribution in [0.3, 0.4) is 0 Å². The van der Waals surface area contributed by atoms with Crippen molar-refractivity contribution in [1.82, 2.24) is 0 Å². The summed E-state index contributed by atoms with van der Waals surface area (Å²) in [6.45, 7) is 0. The molecule has 0 unspecified atom stereocenters. The van der Waals surface area contributed by atoms with Gasteiger partial charge in [0.2, 0.25) is 0 Å². The van der Waals surface area contributed by atoms with Crippen molar-refractivity contribution in [1.29, 1.82) is 0 Å². The van der Waals surface area contributed by atoms with E-state index in [1.165, 1.54) is 0 Å². The molecule has 0 aromatic heterocycles. The summed E-state index contributed by atoms with van der Waals surface area (Å²) in [4.78, 5) is 0. The van der Waals surface area contributed by atoms with E-state index < -0.39 is 28.5 Å². The van der Waals surface area contributed by atoms with Gasteiger partial charge in [-0.2, -0.15) is 13.2 Å². The van der Waals surface area contributed by atoms with Crippen LogP contribution in [0.1, 0.15) is 12.8 Å². The van der Waals surface area contributed by atoms with Gasteiger partial charge in [-0.3, -0.25) is 0 Å². The van der Waals surface area contributed by atoms with Gasteiger partial charge in [-0.25, -0.2) is 8.42 Å². The Balaban J connectivity index is 3.80. The fourth-order valence-electron chi connectivity index (χ4n) is 0.703. The highest BCUT2D eigenvalue weighted by Crippen LogP contribution is 2.23. The Hall–Kier alpha value is -0.300. The Labute approximate surface area is 74.5 Å². The topological polar surface area (TPSA) is 54.4 Å². The second-order valence-corrected chi connectivity index (χ2v) is 5.09. The van der Waals surface area contributed by atoms with Crippen LogP contribution >= 0.6 is 0 Å². The summed E-state index contributed by atoms with van der Waals surface area (Å²) >= 11 is 0. The van der Waals surface area contributed by atoms with Gasteiger partial charge < -0.3 is 5.11 Å². The van der Waals surface area contributed by atoms with Crippen LogP contribution in [0.25, 0.3) is 0 Å². The first-order valence-electron chi connectivity index (χ1n) is 3.55. The van der Waals surface area contributed by atoms with E-state index in [0.29, 0.717) is 0 Å². The third-order valence-corrected chi connectivity index (χ3v) is 2.40. The van der Waals surface area contributed by atoms with Gasteiger partial charge in [0, 0.05) is 12.0 Å². The van der Waals surface area contributed by atoms with Crippen LogP contribution in [0.2, 0.25) is 0 Å². The van der Waals surface area contributed by atoms with Gasteiger partial charge in [0.25, 0.3) is 0 Å². The fourth-order valence-corrected chi connectivity index (χ4v) is 1.39. The van der Waals surface area contributed by atoms with Crippen LogP contribution in [0, 0.1) is 0 Å². The number of hydrogen-bond acceptors (Lipinski definition) is 3. The van der Waals surface area contributed by atoms with E-state index in [4.69, 9.17) is 5.11 Å². The second-order valence-electron chi connectivity index (χ2n) is 2.83. The molecule has 0 rings (SSSR count). The maximum absolute atomic E-state index is 11.7. The minimum absolute atomic E-state index is 0.181. The van der Waals surface area contributed by atoms with Crippen LogP contribution in [-0.2, 0) is 9.84 Å². The Morgan fingerprint density at radius 2 is 1.85 bits per heavy atom. The molecule has 0 radical (unpaired) electrons. The van der Waals surface area contributed by atoms with E-state index in [1.54, 1.807) is 0 Å². The quantitative estimate of drug-likeness (QED) is 0.760. The molecule has 0 saturated heterocycles. The minimum Gasteiger partial charge on any atom is -0.384 e. The van der Waals surface area contributed by atoms with E-state index >= 15 is 0 Å². The van der Waals surface area contributed by atoms with Crippen molar-refractivity contribution in [3.8, 4) is 0 Å². The molecule has 0 aromatic carbocycles. The van der Waals surface area contributed by atoms with Crippen LogP contribution in [0.4, 0.5) is 13.2 Å². The molecule has 7 heteroatoms. The second kappa shape index (κ2) is 4.28. The summed E-state index contributed by atoms with van der Waals surface area (Å²) in [5.74, 6) is -0.333. The summed E-state index contributed by atoms with van der Waals surface area (Å²) in [6, 6.07) is 0. The van der Waals surface area contributed by atoms with Gasteiger partial charge >= 0.3 is 6.18 Å². The largest absolute Gasteiger partial charge is 0.414 e. The number of sulfone groups is 1. The van der Waals surface area contributed by atoms with E-state index in [-0.39, 0.29) is 12.2 Å². The first kappa shape index (κ1) is 12.7. The molecule has 0 spiro atoms. The first-order valence-corrected chi connectivity index (χ1v) is 5.61. The standard InChI is InChI=1S/C6H11F3O3S/c1-13(11,12)4-2-3-5(10)6(7,8)9/h5,10H,2-4H2,1H3/t5-/m0/s1. The van der Waals surface area contributed by atoms with Crippen molar-refractivity contribution in [3.05, 3.63) is 0 Å². The van der Waals surface area contributed by atoms with Crippen LogP contribution < -0.4 is 0 Å². The third kappa shape index (κ3) is 6.83. The van der Waals surface area contributed by atoms with Crippen LogP contribution in [0.5, 0.6) is 0 Å². The fraction of sp³-hybridized carbons (Fsp3) is 1.00. The zero-order valence-corrected chi connectivity index (χ0v) is 7.82. The summed E-state index contributed by atoms with van der Waals surface area (Å²) in [5.41, 5.74) is 0. The number of hydrogen-bond donors (Lipinski definition) is 1. The van der Waals surface area contributed by atoms with Crippen LogP contribution in [-0.4, -0.2) is 37.8 Å². The number of alkyl halides is 3. The van der Waals surface area contributed by atoms with Gasteiger partial charge in [-0.1, -0.05) is 0 Å². The average molecular weight is 220 g/mol. The van der Waals surface area contributed by atoms with Gasteiger partial charge in [-0.05, 0) is 12.8 Å². The molecular weight excluding hydrogens is 209 g/mol. The highest BCUT2D eigenvalue weighted by molar-refractivity contribution is 7.90. The van der Waals surface area contributed by atoms with Crippen molar-refractivity contribution >= 4 is 9.84 Å². The summed E-state index contributed by atoms with van der Waals surface area (Å²) in [5, 5.41) is 8.46.